The molecule has 1 aromatic heterocycles. The van der Waals surface area contributed by atoms with Crippen LogP contribution in [0, 0.1) is 0 Å². The predicted molar refractivity (Wildman–Crippen MR) is 74.7 cm³/mol. The number of hydrogen-bond acceptors (Lipinski definition) is 5. The van der Waals surface area contributed by atoms with E-state index >= 15 is 0 Å². The summed E-state index contributed by atoms with van der Waals surface area (Å²) >= 11 is 0. The van der Waals surface area contributed by atoms with Crippen LogP contribution in [0.1, 0.15) is 27.2 Å². The van der Waals surface area contributed by atoms with Crippen molar-refractivity contribution >= 4 is 11.7 Å². The van der Waals surface area contributed by atoms with Crippen LogP contribution in [0.5, 0.6) is 0 Å². The zero-order chi connectivity index (χ0) is 14.4. The van der Waals surface area contributed by atoms with Gasteiger partial charge in [0.2, 0.25) is 0 Å². The summed E-state index contributed by atoms with van der Waals surface area (Å²) in [6.07, 6.45) is 3.64. The van der Waals surface area contributed by atoms with Crippen molar-refractivity contribution in [1.82, 2.24) is 9.55 Å². The standard InChI is InChI=1S/C12H21N5O2/c1-4-16-8-6-14-11(12(16)18)17(9(2)3)7-5-10(13)15-19/h6,8-9,19H,4-5,7H2,1-3H3,(H2,13,15). The van der Waals surface area contributed by atoms with Gasteiger partial charge in [0.1, 0.15) is 5.84 Å². The van der Waals surface area contributed by atoms with E-state index in [1.165, 1.54) is 0 Å². The van der Waals surface area contributed by atoms with Gasteiger partial charge in [-0.15, -0.1) is 0 Å². The molecule has 1 rings (SSSR count). The Balaban J connectivity index is 3.03. The second kappa shape index (κ2) is 6.77. The topological polar surface area (TPSA) is 96.7 Å². The molecule has 0 atom stereocenters. The predicted octanol–water partition coefficient (Wildman–Crippen LogP) is 0.614. The lowest BCUT2D eigenvalue weighted by molar-refractivity contribution is 0.317. The van der Waals surface area contributed by atoms with Crippen LogP contribution in [-0.4, -0.2) is 33.2 Å². The Hall–Kier alpha value is -2.05. The summed E-state index contributed by atoms with van der Waals surface area (Å²) in [6, 6.07) is 0.0967. The van der Waals surface area contributed by atoms with Crippen LogP contribution >= 0.6 is 0 Å². The van der Waals surface area contributed by atoms with E-state index in [0.29, 0.717) is 25.3 Å². The molecular weight excluding hydrogens is 246 g/mol. The highest BCUT2D eigenvalue weighted by Crippen LogP contribution is 2.09. The quantitative estimate of drug-likeness (QED) is 0.341. The fraction of sp³-hybridized carbons (Fsp3) is 0.583. The SMILES string of the molecule is CCn1ccnc(N(CCC(N)=NO)C(C)C)c1=O. The lowest BCUT2D eigenvalue weighted by atomic mass is 10.2. The van der Waals surface area contributed by atoms with Gasteiger partial charge in [-0.05, 0) is 20.8 Å². The number of hydrogen-bond donors (Lipinski definition) is 2. The van der Waals surface area contributed by atoms with Crippen molar-refractivity contribution in [3.8, 4) is 0 Å². The molecule has 19 heavy (non-hydrogen) atoms. The van der Waals surface area contributed by atoms with Gasteiger partial charge in [0.05, 0.1) is 0 Å². The molecule has 7 heteroatoms. The summed E-state index contributed by atoms with van der Waals surface area (Å²) < 4.78 is 1.60. The van der Waals surface area contributed by atoms with Gasteiger partial charge >= 0.3 is 0 Å². The maximum absolute atomic E-state index is 12.2. The number of aryl methyl sites for hydroxylation is 1. The summed E-state index contributed by atoms with van der Waals surface area (Å²) in [5.41, 5.74) is 5.34. The summed E-state index contributed by atoms with van der Waals surface area (Å²) in [5, 5.41) is 11.5. The molecule has 1 aromatic rings. The summed E-state index contributed by atoms with van der Waals surface area (Å²) in [4.78, 5) is 18.2. The van der Waals surface area contributed by atoms with Gasteiger partial charge in [-0.25, -0.2) is 4.98 Å². The van der Waals surface area contributed by atoms with Crippen molar-refractivity contribution in [3.05, 3.63) is 22.7 Å². The third-order valence-corrected chi connectivity index (χ3v) is 2.87. The van der Waals surface area contributed by atoms with Crippen molar-refractivity contribution < 1.29 is 5.21 Å². The average molecular weight is 267 g/mol. The number of oxime groups is 1. The molecule has 0 aliphatic carbocycles. The van der Waals surface area contributed by atoms with E-state index in [4.69, 9.17) is 10.9 Å². The van der Waals surface area contributed by atoms with E-state index < -0.39 is 0 Å². The minimum absolute atomic E-state index is 0.0967. The summed E-state index contributed by atoms with van der Waals surface area (Å²) in [5.74, 6) is 0.530. The Morgan fingerprint density at radius 3 is 2.84 bits per heavy atom. The molecule has 0 fully saturated rings. The monoisotopic (exact) mass is 267 g/mol. The summed E-state index contributed by atoms with van der Waals surface area (Å²) in [6.45, 7) is 6.92. The third-order valence-electron chi connectivity index (χ3n) is 2.87. The number of nitrogens with zero attached hydrogens (tertiary/aromatic N) is 4. The van der Waals surface area contributed by atoms with Crippen LogP contribution in [0.4, 0.5) is 5.82 Å². The molecule has 0 saturated carbocycles. The normalized spacial score (nSPS) is 11.9. The first-order chi connectivity index (χ1) is 9.01. The molecule has 0 amide bonds. The lowest BCUT2D eigenvalue weighted by Crippen LogP contribution is -2.39. The van der Waals surface area contributed by atoms with Gasteiger partial charge in [-0.2, -0.15) is 0 Å². The molecular formula is C12H21N5O2. The first-order valence-electron chi connectivity index (χ1n) is 6.29. The Bertz CT molecular complexity index is 495. The highest BCUT2D eigenvalue weighted by molar-refractivity contribution is 5.80. The molecule has 0 aromatic carbocycles. The molecule has 0 saturated heterocycles. The Morgan fingerprint density at radius 1 is 1.63 bits per heavy atom. The molecule has 1 heterocycles. The van der Waals surface area contributed by atoms with E-state index in [1.807, 2.05) is 25.7 Å². The van der Waals surface area contributed by atoms with Gasteiger partial charge in [0, 0.05) is 37.9 Å². The maximum Gasteiger partial charge on any atom is 0.293 e. The van der Waals surface area contributed by atoms with E-state index in [2.05, 4.69) is 10.1 Å². The van der Waals surface area contributed by atoms with Crippen LogP contribution in [0.2, 0.25) is 0 Å². The fourth-order valence-corrected chi connectivity index (χ4v) is 1.78. The van der Waals surface area contributed by atoms with Crippen LogP contribution in [-0.2, 0) is 6.54 Å². The Labute approximate surface area is 112 Å². The van der Waals surface area contributed by atoms with Gasteiger partial charge in [-0.3, -0.25) is 4.79 Å². The number of anilines is 1. The maximum atomic E-state index is 12.2. The van der Waals surface area contributed by atoms with Gasteiger partial charge in [0.15, 0.2) is 5.82 Å². The number of nitrogens with two attached hydrogens (primary N) is 1. The van der Waals surface area contributed by atoms with E-state index in [0.717, 1.165) is 0 Å². The first-order valence-corrected chi connectivity index (χ1v) is 6.29. The second-order valence-corrected chi connectivity index (χ2v) is 4.47. The number of rotatable bonds is 6. The average Bonchev–Trinajstić information content (AvgIpc) is 2.40. The van der Waals surface area contributed by atoms with Crippen molar-refractivity contribution in [2.24, 2.45) is 10.9 Å². The molecule has 0 aliphatic heterocycles. The molecule has 0 bridgehead atoms. The van der Waals surface area contributed by atoms with Crippen molar-refractivity contribution in [2.75, 3.05) is 11.4 Å². The van der Waals surface area contributed by atoms with Crippen LogP contribution in [0.3, 0.4) is 0 Å². The Kier molecular flexibility index (Phi) is 5.35. The van der Waals surface area contributed by atoms with Crippen LogP contribution in [0.25, 0.3) is 0 Å². The molecule has 0 unspecified atom stereocenters. The van der Waals surface area contributed by atoms with Gasteiger partial charge < -0.3 is 20.4 Å². The van der Waals surface area contributed by atoms with Crippen molar-refractivity contribution in [3.63, 3.8) is 0 Å². The largest absolute Gasteiger partial charge is 0.409 e. The van der Waals surface area contributed by atoms with E-state index in [1.54, 1.807) is 17.0 Å². The smallest absolute Gasteiger partial charge is 0.293 e. The van der Waals surface area contributed by atoms with E-state index in [9.17, 15) is 4.79 Å². The third kappa shape index (κ3) is 3.70. The lowest BCUT2D eigenvalue weighted by Gasteiger charge is -2.27. The molecule has 106 valence electrons. The molecule has 0 spiro atoms. The number of aromatic nitrogens is 2. The van der Waals surface area contributed by atoms with Crippen LogP contribution in [0.15, 0.2) is 22.3 Å². The van der Waals surface area contributed by atoms with E-state index in [-0.39, 0.29) is 17.4 Å². The molecule has 3 N–H and O–H groups in total. The van der Waals surface area contributed by atoms with Gasteiger partial charge in [-0.1, -0.05) is 5.16 Å². The molecule has 0 radical (unpaired) electrons. The minimum Gasteiger partial charge on any atom is -0.409 e. The zero-order valence-electron chi connectivity index (χ0n) is 11.6. The zero-order valence-corrected chi connectivity index (χ0v) is 11.6. The second-order valence-electron chi connectivity index (χ2n) is 4.47. The highest BCUT2D eigenvalue weighted by atomic mass is 16.4. The highest BCUT2D eigenvalue weighted by Gasteiger charge is 2.16. The molecule has 7 nitrogen and oxygen atoms in total. The Morgan fingerprint density at radius 2 is 2.32 bits per heavy atom. The minimum atomic E-state index is -0.127. The van der Waals surface area contributed by atoms with Crippen molar-refractivity contribution in [2.45, 2.75) is 39.8 Å². The molecule has 0 aliphatic rings. The van der Waals surface area contributed by atoms with Crippen LogP contribution < -0.4 is 16.2 Å². The summed E-state index contributed by atoms with van der Waals surface area (Å²) in [7, 11) is 0. The number of amidine groups is 1. The first kappa shape index (κ1) is 15.0. The van der Waals surface area contributed by atoms with Gasteiger partial charge in [0.25, 0.3) is 5.56 Å². The fourth-order valence-electron chi connectivity index (χ4n) is 1.78. The van der Waals surface area contributed by atoms with Crippen molar-refractivity contribution in [1.29, 1.82) is 0 Å².